The Morgan fingerprint density at radius 2 is 2.09 bits per heavy atom. The number of hydrazone groups is 1. The molecule has 0 spiro atoms. The Morgan fingerprint density at radius 3 is 2.73 bits per heavy atom. The van der Waals surface area contributed by atoms with Crippen LogP contribution in [0, 0.1) is 0 Å². The predicted molar refractivity (Wildman–Crippen MR) is 93.2 cm³/mol. The summed E-state index contributed by atoms with van der Waals surface area (Å²) in [6.45, 7) is 2.10. The van der Waals surface area contributed by atoms with E-state index in [0.717, 1.165) is 17.1 Å². The van der Waals surface area contributed by atoms with E-state index in [1.54, 1.807) is 32.6 Å². The fourth-order valence-corrected chi connectivity index (χ4v) is 4.93. The molecule has 1 N–H and O–H groups in total. The van der Waals surface area contributed by atoms with Gasteiger partial charge in [-0.15, -0.1) is 23.5 Å². The third kappa shape index (κ3) is 4.58. The summed E-state index contributed by atoms with van der Waals surface area (Å²) in [6, 6.07) is 5.41. The number of methoxy groups -OCH3 is 2. The number of benzene rings is 1. The first kappa shape index (κ1) is 17.0. The van der Waals surface area contributed by atoms with Crippen molar-refractivity contribution >= 4 is 35.6 Å². The largest absolute Gasteiger partial charge is 0.497 e. The van der Waals surface area contributed by atoms with E-state index in [4.69, 9.17) is 9.47 Å². The molecule has 22 heavy (non-hydrogen) atoms. The second kappa shape index (κ2) is 7.78. The lowest BCUT2D eigenvalue weighted by Gasteiger charge is -2.19. The summed E-state index contributed by atoms with van der Waals surface area (Å²) in [5, 5.41) is 4.02. The second-order valence-corrected chi connectivity index (χ2v) is 8.36. The molecule has 2 rings (SSSR count). The SMILES string of the molecule is COc1ccc(OC)c(/C=N\NC(=O)CC2(C)SCCS2)c1. The Balaban J connectivity index is 1.95. The molecule has 0 atom stereocenters. The minimum Gasteiger partial charge on any atom is -0.497 e. The molecule has 7 heteroatoms. The number of nitrogens with one attached hydrogen (secondary N) is 1. The summed E-state index contributed by atoms with van der Waals surface area (Å²) in [5.41, 5.74) is 3.33. The number of amides is 1. The van der Waals surface area contributed by atoms with Gasteiger partial charge in [0.15, 0.2) is 0 Å². The molecule has 1 aliphatic heterocycles. The van der Waals surface area contributed by atoms with Crippen molar-refractivity contribution < 1.29 is 14.3 Å². The van der Waals surface area contributed by atoms with Crippen LogP contribution in [-0.2, 0) is 4.79 Å². The Bertz CT molecular complexity index is 558. The standard InChI is InChI=1S/C15H20N2O3S2/c1-15(21-6-7-22-15)9-14(18)17-16-10-11-8-12(19-2)4-5-13(11)20-3/h4-5,8,10H,6-7,9H2,1-3H3,(H,17,18)/b16-10-. The van der Waals surface area contributed by atoms with E-state index < -0.39 is 0 Å². The van der Waals surface area contributed by atoms with Gasteiger partial charge in [-0.2, -0.15) is 5.10 Å². The third-order valence-corrected chi connectivity index (χ3v) is 6.50. The zero-order valence-corrected chi connectivity index (χ0v) is 14.6. The van der Waals surface area contributed by atoms with E-state index in [1.165, 1.54) is 0 Å². The van der Waals surface area contributed by atoms with Crippen molar-refractivity contribution in [1.29, 1.82) is 0 Å². The molecule has 1 aromatic rings. The summed E-state index contributed by atoms with van der Waals surface area (Å²) < 4.78 is 10.4. The summed E-state index contributed by atoms with van der Waals surface area (Å²) in [6.07, 6.45) is 2.02. The number of carbonyl (C=O) groups is 1. The number of carbonyl (C=O) groups excluding carboxylic acids is 1. The van der Waals surface area contributed by atoms with Crippen molar-refractivity contribution in [1.82, 2.24) is 5.43 Å². The topological polar surface area (TPSA) is 59.9 Å². The molecule has 120 valence electrons. The van der Waals surface area contributed by atoms with Crippen LogP contribution < -0.4 is 14.9 Å². The van der Waals surface area contributed by atoms with Crippen LogP contribution in [0.1, 0.15) is 18.9 Å². The van der Waals surface area contributed by atoms with E-state index >= 15 is 0 Å². The van der Waals surface area contributed by atoms with Crippen molar-refractivity contribution in [3.05, 3.63) is 23.8 Å². The Labute approximate surface area is 139 Å². The third-order valence-electron chi connectivity index (χ3n) is 3.21. The van der Waals surface area contributed by atoms with E-state index in [0.29, 0.717) is 17.9 Å². The highest BCUT2D eigenvalue weighted by atomic mass is 32.2. The number of ether oxygens (including phenoxy) is 2. The van der Waals surface area contributed by atoms with Crippen LogP contribution in [-0.4, -0.2) is 41.9 Å². The molecule has 0 aromatic heterocycles. The lowest BCUT2D eigenvalue weighted by molar-refractivity contribution is -0.121. The number of nitrogens with zero attached hydrogens (tertiary/aromatic N) is 1. The molecule has 1 amide bonds. The minimum absolute atomic E-state index is 0.0345. The van der Waals surface area contributed by atoms with Crippen molar-refractivity contribution in [2.24, 2.45) is 5.10 Å². The quantitative estimate of drug-likeness (QED) is 0.637. The summed E-state index contributed by atoms with van der Waals surface area (Å²) in [4.78, 5) is 12.0. The fourth-order valence-electron chi connectivity index (χ4n) is 2.10. The Hall–Kier alpha value is -1.34. The second-order valence-electron chi connectivity index (χ2n) is 4.91. The molecule has 5 nitrogen and oxygen atoms in total. The van der Waals surface area contributed by atoms with E-state index in [9.17, 15) is 4.79 Å². The van der Waals surface area contributed by atoms with Crippen LogP contribution in [0.3, 0.4) is 0 Å². The van der Waals surface area contributed by atoms with Gasteiger partial charge in [-0.25, -0.2) is 5.43 Å². The van der Waals surface area contributed by atoms with Crippen molar-refractivity contribution in [3.8, 4) is 11.5 Å². The fraction of sp³-hybridized carbons (Fsp3) is 0.467. The maximum atomic E-state index is 12.0. The highest BCUT2D eigenvalue weighted by molar-refractivity contribution is 8.21. The maximum Gasteiger partial charge on any atom is 0.242 e. The molecule has 0 aliphatic carbocycles. The van der Waals surface area contributed by atoms with Gasteiger partial charge in [-0.05, 0) is 25.1 Å². The molecule has 1 aliphatic rings. The minimum atomic E-state index is -0.0810. The molecule has 0 radical (unpaired) electrons. The Morgan fingerprint density at radius 1 is 1.36 bits per heavy atom. The number of hydrogen-bond acceptors (Lipinski definition) is 6. The number of thioether (sulfide) groups is 2. The van der Waals surface area contributed by atoms with Crippen LogP contribution >= 0.6 is 23.5 Å². The van der Waals surface area contributed by atoms with Gasteiger partial charge in [0.05, 0.1) is 30.9 Å². The molecular formula is C15H20N2O3S2. The smallest absolute Gasteiger partial charge is 0.242 e. The van der Waals surface area contributed by atoms with Crippen molar-refractivity contribution in [2.75, 3.05) is 25.7 Å². The normalized spacial score (nSPS) is 16.7. The molecule has 1 saturated heterocycles. The molecule has 0 unspecified atom stereocenters. The van der Waals surface area contributed by atoms with Gasteiger partial charge in [0.2, 0.25) is 5.91 Å². The van der Waals surface area contributed by atoms with Crippen LogP contribution in [0.25, 0.3) is 0 Å². The van der Waals surface area contributed by atoms with Crippen LogP contribution in [0.5, 0.6) is 11.5 Å². The molecule has 1 fully saturated rings. The molecule has 0 saturated carbocycles. The van der Waals surface area contributed by atoms with Gasteiger partial charge in [-0.3, -0.25) is 4.79 Å². The molecular weight excluding hydrogens is 320 g/mol. The van der Waals surface area contributed by atoms with Crippen LogP contribution in [0.2, 0.25) is 0 Å². The zero-order valence-electron chi connectivity index (χ0n) is 12.9. The zero-order chi connectivity index (χ0) is 16.0. The Kier molecular flexibility index (Phi) is 6.02. The van der Waals surface area contributed by atoms with Gasteiger partial charge >= 0.3 is 0 Å². The monoisotopic (exact) mass is 340 g/mol. The average molecular weight is 340 g/mol. The van der Waals surface area contributed by atoms with Gasteiger partial charge in [0, 0.05) is 17.1 Å². The molecule has 0 bridgehead atoms. The summed E-state index contributed by atoms with van der Waals surface area (Å²) >= 11 is 3.66. The van der Waals surface area contributed by atoms with Crippen LogP contribution in [0.4, 0.5) is 0 Å². The van der Waals surface area contributed by atoms with Crippen molar-refractivity contribution in [2.45, 2.75) is 17.4 Å². The lowest BCUT2D eigenvalue weighted by atomic mass is 10.2. The van der Waals surface area contributed by atoms with Gasteiger partial charge in [-0.1, -0.05) is 0 Å². The highest BCUT2D eigenvalue weighted by Gasteiger charge is 2.32. The van der Waals surface area contributed by atoms with Crippen molar-refractivity contribution in [3.63, 3.8) is 0 Å². The number of hydrogen-bond donors (Lipinski definition) is 1. The van der Waals surface area contributed by atoms with Gasteiger partial charge in [0.25, 0.3) is 0 Å². The summed E-state index contributed by atoms with van der Waals surface area (Å²) in [5.74, 6) is 3.49. The van der Waals surface area contributed by atoms with Crippen LogP contribution in [0.15, 0.2) is 23.3 Å². The van der Waals surface area contributed by atoms with Gasteiger partial charge in [0.1, 0.15) is 11.5 Å². The van der Waals surface area contributed by atoms with Gasteiger partial charge < -0.3 is 9.47 Å². The molecule has 1 heterocycles. The maximum absolute atomic E-state index is 12.0. The first-order chi connectivity index (χ1) is 10.6. The highest BCUT2D eigenvalue weighted by Crippen LogP contribution is 2.45. The predicted octanol–water partition coefficient (Wildman–Crippen LogP) is 2.74. The lowest BCUT2D eigenvalue weighted by Crippen LogP contribution is -2.26. The van der Waals surface area contributed by atoms with E-state index in [2.05, 4.69) is 17.5 Å². The summed E-state index contributed by atoms with van der Waals surface area (Å²) in [7, 11) is 3.19. The average Bonchev–Trinajstić information content (AvgIpc) is 2.93. The first-order valence-electron chi connectivity index (χ1n) is 6.88. The van der Waals surface area contributed by atoms with E-state index in [-0.39, 0.29) is 9.99 Å². The van der Waals surface area contributed by atoms with E-state index in [1.807, 2.05) is 29.6 Å². The number of rotatable bonds is 6. The molecule has 1 aromatic carbocycles. The first-order valence-corrected chi connectivity index (χ1v) is 8.85.